The highest BCUT2D eigenvalue weighted by atomic mass is 19.4. The van der Waals surface area contributed by atoms with Gasteiger partial charge in [-0.1, -0.05) is 0 Å². The molecule has 3 aliphatic heterocycles. The normalized spacial score (nSPS) is 22.0. The van der Waals surface area contributed by atoms with E-state index in [0.717, 1.165) is 44.4 Å². The minimum atomic E-state index is -4.59. The molecule has 41 heavy (non-hydrogen) atoms. The van der Waals surface area contributed by atoms with Gasteiger partial charge in [0.15, 0.2) is 0 Å². The van der Waals surface area contributed by atoms with Crippen LogP contribution in [0.5, 0.6) is 0 Å². The van der Waals surface area contributed by atoms with Crippen molar-refractivity contribution in [2.45, 2.75) is 56.7 Å². The molecule has 4 heterocycles. The maximum Gasteiger partial charge on any atom is 0.421 e. The first-order valence-corrected chi connectivity index (χ1v) is 14.8. The summed E-state index contributed by atoms with van der Waals surface area (Å²) < 4.78 is 46.6. The largest absolute Gasteiger partial charge is 0.421 e. The number of piperazine rings is 1. The Hall–Kier alpha value is -3.12. The SMILES string of the molecule is O=C1CCOCCN1CCCNc1nc(Nc2ccc(N3CCN4CCCC4C3)cc2C2CC2)ncc1C(F)(F)F. The van der Waals surface area contributed by atoms with E-state index >= 15 is 0 Å². The van der Waals surface area contributed by atoms with Gasteiger partial charge < -0.3 is 25.2 Å². The minimum Gasteiger partial charge on any atom is -0.379 e. The Morgan fingerprint density at radius 3 is 2.78 bits per heavy atom. The third kappa shape index (κ3) is 6.69. The van der Waals surface area contributed by atoms with Crippen LogP contribution in [0.3, 0.4) is 0 Å². The molecule has 1 amide bonds. The van der Waals surface area contributed by atoms with Crippen LogP contribution in [0.1, 0.15) is 55.6 Å². The van der Waals surface area contributed by atoms with Crippen LogP contribution in [0.2, 0.25) is 0 Å². The highest BCUT2D eigenvalue weighted by Crippen LogP contribution is 2.45. The number of hydrogen-bond acceptors (Lipinski definition) is 8. The Bertz CT molecular complexity index is 1240. The zero-order valence-electron chi connectivity index (χ0n) is 23.3. The summed E-state index contributed by atoms with van der Waals surface area (Å²) in [6.07, 6.45) is 1.76. The molecule has 1 aliphatic carbocycles. The average Bonchev–Trinajstić information content (AvgIpc) is 3.73. The molecular weight excluding hydrogens is 535 g/mol. The summed E-state index contributed by atoms with van der Waals surface area (Å²) in [4.78, 5) is 27.2. The molecule has 4 aliphatic rings. The highest BCUT2D eigenvalue weighted by Gasteiger charge is 2.36. The van der Waals surface area contributed by atoms with Crippen molar-refractivity contribution in [1.29, 1.82) is 0 Å². The third-order valence-electron chi connectivity index (χ3n) is 8.56. The van der Waals surface area contributed by atoms with Crippen LogP contribution in [0.15, 0.2) is 24.4 Å². The van der Waals surface area contributed by atoms with Crippen molar-refractivity contribution in [2.75, 3.05) is 74.6 Å². The topological polar surface area (TPSA) is 85.9 Å². The average molecular weight is 574 g/mol. The lowest BCUT2D eigenvalue weighted by Gasteiger charge is -2.39. The summed E-state index contributed by atoms with van der Waals surface area (Å²) in [7, 11) is 0. The van der Waals surface area contributed by atoms with Gasteiger partial charge in [-0.15, -0.1) is 0 Å². The van der Waals surface area contributed by atoms with E-state index in [-0.39, 0.29) is 24.2 Å². The Balaban J connectivity index is 1.15. The van der Waals surface area contributed by atoms with Crippen molar-refractivity contribution in [1.82, 2.24) is 19.8 Å². The van der Waals surface area contributed by atoms with Gasteiger partial charge in [0.1, 0.15) is 11.4 Å². The number of alkyl halides is 3. The Morgan fingerprint density at radius 2 is 1.95 bits per heavy atom. The molecule has 1 atom stereocenters. The molecule has 6 rings (SSSR count). The van der Waals surface area contributed by atoms with Crippen molar-refractivity contribution in [3.8, 4) is 0 Å². The summed E-state index contributed by atoms with van der Waals surface area (Å²) in [5.41, 5.74) is 2.30. The van der Waals surface area contributed by atoms with Crippen molar-refractivity contribution < 1.29 is 22.7 Å². The van der Waals surface area contributed by atoms with Gasteiger partial charge in [-0.2, -0.15) is 18.2 Å². The minimum absolute atomic E-state index is 0.00489. The highest BCUT2D eigenvalue weighted by molar-refractivity contribution is 5.76. The molecule has 1 aromatic heterocycles. The summed E-state index contributed by atoms with van der Waals surface area (Å²) in [5, 5.41) is 6.06. The molecule has 2 aromatic rings. The number of hydrogen-bond donors (Lipinski definition) is 2. The number of carbonyl (C=O) groups is 1. The summed E-state index contributed by atoms with van der Waals surface area (Å²) >= 11 is 0. The van der Waals surface area contributed by atoms with E-state index in [1.165, 1.54) is 30.6 Å². The predicted molar refractivity (Wildman–Crippen MR) is 151 cm³/mol. The lowest BCUT2D eigenvalue weighted by molar-refractivity contribution is -0.137. The number of aromatic nitrogens is 2. The van der Waals surface area contributed by atoms with Crippen LogP contribution in [-0.4, -0.2) is 90.7 Å². The van der Waals surface area contributed by atoms with Crippen LogP contribution in [0.25, 0.3) is 0 Å². The number of nitrogens with one attached hydrogen (secondary N) is 2. The first kappa shape index (κ1) is 28.0. The third-order valence-corrected chi connectivity index (χ3v) is 8.56. The molecule has 0 radical (unpaired) electrons. The van der Waals surface area contributed by atoms with E-state index in [1.54, 1.807) is 4.90 Å². The zero-order chi connectivity index (χ0) is 28.4. The fourth-order valence-corrected chi connectivity index (χ4v) is 6.16. The second kappa shape index (κ2) is 12.0. The predicted octanol–water partition coefficient (Wildman–Crippen LogP) is 4.45. The standard InChI is InChI=1S/C29H38F3N7O2/c30-29(31,32)24-18-34-28(36-27(24)33-9-2-11-38-14-16-41-15-8-26(38)40)35-25-7-6-21(17-23(25)20-4-5-20)39-13-12-37-10-1-3-22(37)19-39/h6-7,17-18,20,22H,1-5,8-16,19H2,(H2,33,34,35,36). The number of carbonyl (C=O) groups excluding carboxylic acids is 1. The second-order valence-electron chi connectivity index (χ2n) is 11.4. The Morgan fingerprint density at radius 1 is 1.07 bits per heavy atom. The fraction of sp³-hybridized carbons (Fsp3) is 0.621. The molecule has 222 valence electrons. The molecule has 12 heteroatoms. The summed E-state index contributed by atoms with van der Waals surface area (Å²) in [5.74, 6) is 0.295. The molecule has 1 saturated carbocycles. The molecular formula is C29H38F3N7O2. The van der Waals surface area contributed by atoms with Crippen LogP contribution in [0.4, 0.5) is 36.3 Å². The maximum absolute atomic E-state index is 13.8. The van der Waals surface area contributed by atoms with Gasteiger partial charge in [0, 0.05) is 62.9 Å². The number of ether oxygens (including phenoxy) is 1. The van der Waals surface area contributed by atoms with Crippen molar-refractivity contribution >= 4 is 29.0 Å². The lowest BCUT2D eigenvalue weighted by atomic mass is 10.1. The molecule has 0 bridgehead atoms. The van der Waals surface area contributed by atoms with Gasteiger partial charge in [0.25, 0.3) is 0 Å². The molecule has 9 nitrogen and oxygen atoms in total. The van der Waals surface area contributed by atoms with Crippen LogP contribution < -0.4 is 15.5 Å². The zero-order valence-corrected chi connectivity index (χ0v) is 23.3. The smallest absolute Gasteiger partial charge is 0.379 e. The summed E-state index contributed by atoms with van der Waals surface area (Å²) in [6, 6.07) is 6.97. The first-order chi connectivity index (χ1) is 19.8. The number of nitrogens with zero attached hydrogens (tertiary/aromatic N) is 5. The van der Waals surface area contributed by atoms with Gasteiger partial charge in [0.2, 0.25) is 11.9 Å². The number of anilines is 4. The fourth-order valence-electron chi connectivity index (χ4n) is 6.16. The molecule has 4 fully saturated rings. The molecule has 1 aromatic carbocycles. The van der Waals surface area contributed by atoms with E-state index in [4.69, 9.17) is 4.74 Å². The van der Waals surface area contributed by atoms with E-state index in [0.29, 0.717) is 51.1 Å². The first-order valence-electron chi connectivity index (χ1n) is 14.8. The van der Waals surface area contributed by atoms with Gasteiger partial charge in [-0.05, 0) is 68.3 Å². The van der Waals surface area contributed by atoms with E-state index in [2.05, 4.69) is 42.5 Å². The number of rotatable bonds is 9. The number of benzene rings is 1. The second-order valence-corrected chi connectivity index (χ2v) is 11.4. The van der Waals surface area contributed by atoms with Crippen LogP contribution in [0, 0.1) is 0 Å². The monoisotopic (exact) mass is 573 g/mol. The molecule has 0 spiro atoms. The number of fused-ring (bicyclic) bond motifs is 1. The quantitative estimate of drug-likeness (QED) is 0.426. The number of amides is 1. The van der Waals surface area contributed by atoms with Gasteiger partial charge in [0.05, 0.1) is 19.6 Å². The maximum atomic E-state index is 13.8. The van der Waals surface area contributed by atoms with Crippen LogP contribution in [-0.2, 0) is 15.7 Å². The van der Waals surface area contributed by atoms with Crippen molar-refractivity contribution in [2.24, 2.45) is 0 Å². The van der Waals surface area contributed by atoms with Gasteiger partial charge in [-0.25, -0.2) is 4.98 Å². The van der Waals surface area contributed by atoms with E-state index in [9.17, 15) is 18.0 Å². The van der Waals surface area contributed by atoms with Crippen molar-refractivity contribution in [3.63, 3.8) is 0 Å². The van der Waals surface area contributed by atoms with E-state index < -0.39 is 11.7 Å². The van der Waals surface area contributed by atoms with Crippen LogP contribution >= 0.6 is 0 Å². The molecule has 3 saturated heterocycles. The van der Waals surface area contributed by atoms with Crippen molar-refractivity contribution in [3.05, 3.63) is 35.5 Å². The van der Waals surface area contributed by atoms with Gasteiger partial charge in [-0.3, -0.25) is 9.69 Å². The Labute approximate surface area is 238 Å². The molecule has 1 unspecified atom stereocenters. The number of halogens is 3. The van der Waals surface area contributed by atoms with Gasteiger partial charge >= 0.3 is 6.18 Å². The lowest BCUT2D eigenvalue weighted by Crippen LogP contribution is -2.50. The molecule has 2 N–H and O–H groups in total. The summed E-state index contributed by atoms with van der Waals surface area (Å²) in [6.45, 7) is 6.37. The van der Waals surface area contributed by atoms with E-state index in [1.807, 2.05) is 6.07 Å². The Kier molecular flexibility index (Phi) is 8.21.